The lowest BCUT2D eigenvalue weighted by molar-refractivity contribution is -0.130. The molecule has 0 radical (unpaired) electrons. The van der Waals surface area contributed by atoms with Crippen molar-refractivity contribution in [1.82, 2.24) is 4.90 Å². The van der Waals surface area contributed by atoms with E-state index in [1.165, 1.54) is 6.07 Å². The molecule has 0 aliphatic carbocycles. The number of ether oxygens (including phenoxy) is 3. The molecule has 0 atom stereocenters. The molecule has 1 amide bonds. The number of carbonyl (C=O) groups is 2. The predicted molar refractivity (Wildman–Crippen MR) is 107 cm³/mol. The molecule has 0 saturated carbocycles. The molecule has 1 N–H and O–H groups in total. The zero-order valence-electron chi connectivity index (χ0n) is 16.9. The van der Waals surface area contributed by atoms with Gasteiger partial charge < -0.3 is 24.2 Å². The number of benzene rings is 2. The van der Waals surface area contributed by atoms with E-state index in [2.05, 4.69) is 0 Å². The first kappa shape index (κ1) is 20.5. The number of carboxylic acid groups (broad SMARTS) is 1. The molecule has 29 heavy (non-hydrogen) atoms. The largest absolute Gasteiger partial charge is 0.493 e. The lowest BCUT2D eigenvalue weighted by Crippen LogP contribution is -2.34. The normalized spacial score (nSPS) is 13.3. The highest BCUT2D eigenvalue weighted by atomic mass is 16.5. The minimum atomic E-state index is -1.03. The van der Waals surface area contributed by atoms with Crippen LogP contribution in [0.4, 0.5) is 0 Å². The topological polar surface area (TPSA) is 85.3 Å². The van der Waals surface area contributed by atoms with Gasteiger partial charge in [0.1, 0.15) is 0 Å². The van der Waals surface area contributed by atoms with Crippen LogP contribution < -0.4 is 14.2 Å². The number of carboxylic acids is 1. The molecule has 0 aromatic heterocycles. The highest BCUT2D eigenvalue weighted by molar-refractivity contribution is 5.91. The fraction of sp³-hybridized carbons (Fsp3) is 0.364. The van der Waals surface area contributed by atoms with Crippen LogP contribution in [0.5, 0.6) is 17.2 Å². The van der Waals surface area contributed by atoms with Crippen molar-refractivity contribution >= 4 is 11.9 Å². The number of carbonyl (C=O) groups excluding carboxylic acids is 1. The summed E-state index contributed by atoms with van der Waals surface area (Å²) >= 11 is 0. The average Bonchev–Trinajstić information content (AvgIpc) is 2.94. The summed E-state index contributed by atoms with van der Waals surface area (Å²) in [5.41, 5.74) is 2.75. The zero-order valence-corrected chi connectivity index (χ0v) is 16.9. The monoisotopic (exact) mass is 399 g/mol. The molecule has 0 fully saturated rings. The fourth-order valence-corrected chi connectivity index (χ4v) is 3.78. The third kappa shape index (κ3) is 4.13. The molecule has 1 aliphatic rings. The van der Waals surface area contributed by atoms with Crippen LogP contribution in [0, 0.1) is 0 Å². The number of methoxy groups -OCH3 is 3. The molecular formula is C22H25NO6. The van der Waals surface area contributed by atoms with E-state index in [4.69, 9.17) is 14.2 Å². The van der Waals surface area contributed by atoms with Crippen molar-refractivity contribution in [3.63, 3.8) is 0 Å². The van der Waals surface area contributed by atoms with Crippen LogP contribution >= 0.6 is 0 Å². The summed E-state index contributed by atoms with van der Waals surface area (Å²) < 4.78 is 16.5. The molecule has 2 aromatic rings. The molecule has 7 heteroatoms. The molecule has 0 bridgehead atoms. The van der Waals surface area contributed by atoms with E-state index in [-0.39, 0.29) is 17.9 Å². The van der Waals surface area contributed by atoms with Crippen LogP contribution in [-0.4, -0.2) is 56.3 Å². The van der Waals surface area contributed by atoms with Crippen LogP contribution in [0.2, 0.25) is 0 Å². The second-order valence-electron chi connectivity index (χ2n) is 6.80. The van der Waals surface area contributed by atoms with E-state index in [0.29, 0.717) is 48.7 Å². The Bertz CT molecular complexity index is 924. The molecule has 7 nitrogen and oxygen atoms in total. The predicted octanol–water partition coefficient (Wildman–Crippen LogP) is 2.58. The lowest BCUT2D eigenvalue weighted by atomic mass is 10.0. The second kappa shape index (κ2) is 8.86. The van der Waals surface area contributed by atoms with Gasteiger partial charge in [-0.25, -0.2) is 4.79 Å². The zero-order chi connectivity index (χ0) is 21.0. The average molecular weight is 399 g/mol. The number of aromatic carboxylic acids is 1. The van der Waals surface area contributed by atoms with Crippen molar-refractivity contribution in [3.05, 3.63) is 52.6 Å². The van der Waals surface area contributed by atoms with Crippen LogP contribution in [0.1, 0.15) is 27.0 Å². The maximum Gasteiger partial charge on any atom is 0.335 e. The van der Waals surface area contributed by atoms with Gasteiger partial charge >= 0.3 is 5.97 Å². The van der Waals surface area contributed by atoms with E-state index >= 15 is 0 Å². The smallest absolute Gasteiger partial charge is 0.335 e. The van der Waals surface area contributed by atoms with E-state index in [1.807, 2.05) is 6.07 Å². The SMILES string of the molecule is COc1cc2c(c(OC)c1OC)CCN(C(=O)Cc1ccccc1C(=O)O)CC2. The lowest BCUT2D eigenvalue weighted by Gasteiger charge is -2.21. The number of fused-ring (bicyclic) bond motifs is 1. The summed E-state index contributed by atoms with van der Waals surface area (Å²) in [7, 11) is 4.74. The van der Waals surface area contributed by atoms with Crippen molar-refractivity contribution in [2.45, 2.75) is 19.3 Å². The van der Waals surface area contributed by atoms with Gasteiger partial charge in [0.25, 0.3) is 0 Å². The van der Waals surface area contributed by atoms with Crippen molar-refractivity contribution in [3.8, 4) is 17.2 Å². The van der Waals surface area contributed by atoms with Crippen molar-refractivity contribution in [1.29, 1.82) is 0 Å². The molecule has 0 unspecified atom stereocenters. The number of rotatable bonds is 6. The van der Waals surface area contributed by atoms with Gasteiger partial charge in [0.15, 0.2) is 11.5 Å². The summed E-state index contributed by atoms with van der Waals surface area (Å²) in [6.45, 7) is 1.06. The molecule has 3 rings (SSSR count). The third-order valence-corrected chi connectivity index (χ3v) is 5.25. The van der Waals surface area contributed by atoms with Gasteiger partial charge in [0.2, 0.25) is 11.7 Å². The Balaban J connectivity index is 1.82. The molecule has 2 aromatic carbocycles. The number of amides is 1. The van der Waals surface area contributed by atoms with Crippen molar-refractivity contribution in [2.75, 3.05) is 34.4 Å². The fourth-order valence-electron chi connectivity index (χ4n) is 3.78. The minimum absolute atomic E-state index is 0.0581. The Morgan fingerprint density at radius 3 is 2.34 bits per heavy atom. The van der Waals surface area contributed by atoms with E-state index in [9.17, 15) is 14.7 Å². The van der Waals surface area contributed by atoms with Gasteiger partial charge in [-0.3, -0.25) is 4.79 Å². The van der Waals surface area contributed by atoms with Crippen LogP contribution in [0.3, 0.4) is 0 Å². The Kier molecular flexibility index (Phi) is 6.26. The second-order valence-corrected chi connectivity index (χ2v) is 6.80. The summed E-state index contributed by atoms with van der Waals surface area (Å²) in [5.74, 6) is 0.652. The quantitative estimate of drug-likeness (QED) is 0.804. The summed E-state index contributed by atoms with van der Waals surface area (Å²) in [6.07, 6.45) is 1.33. The van der Waals surface area contributed by atoms with Crippen LogP contribution in [-0.2, 0) is 24.1 Å². The first-order chi connectivity index (χ1) is 14.0. The van der Waals surface area contributed by atoms with Gasteiger partial charge in [0.05, 0.1) is 33.3 Å². The maximum atomic E-state index is 12.9. The number of hydrogen-bond donors (Lipinski definition) is 1. The van der Waals surface area contributed by atoms with Crippen molar-refractivity contribution < 1.29 is 28.9 Å². The first-order valence-electron chi connectivity index (χ1n) is 9.39. The van der Waals surface area contributed by atoms with Crippen LogP contribution in [0.15, 0.2) is 30.3 Å². The minimum Gasteiger partial charge on any atom is -0.493 e. The summed E-state index contributed by atoms with van der Waals surface area (Å²) in [4.78, 5) is 26.1. The molecule has 0 spiro atoms. The summed E-state index contributed by atoms with van der Waals surface area (Å²) in [6, 6.07) is 8.55. The maximum absolute atomic E-state index is 12.9. The molecule has 154 valence electrons. The van der Waals surface area contributed by atoms with Gasteiger partial charge in [-0.1, -0.05) is 18.2 Å². The molecule has 1 aliphatic heterocycles. The Morgan fingerprint density at radius 2 is 1.69 bits per heavy atom. The highest BCUT2D eigenvalue weighted by Gasteiger charge is 2.26. The van der Waals surface area contributed by atoms with E-state index < -0.39 is 5.97 Å². The Morgan fingerprint density at radius 1 is 1.00 bits per heavy atom. The van der Waals surface area contributed by atoms with Crippen LogP contribution in [0.25, 0.3) is 0 Å². The van der Waals surface area contributed by atoms with Gasteiger partial charge in [0, 0.05) is 18.7 Å². The first-order valence-corrected chi connectivity index (χ1v) is 9.39. The van der Waals surface area contributed by atoms with E-state index in [1.54, 1.807) is 44.4 Å². The molecular weight excluding hydrogens is 374 g/mol. The van der Waals surface area contributed by atoms with Gasteiger partial charge in [-0.15, -0.1) is 0 Å². The highest BCUT2D eigenvalue weighted by Crippen LogP contribution is 2.43. The summed E-state index contributed by atoms with van der Waals surface area (Å²) in [5, 5.41) is 9.35. The van der Waals surface area contributed by atoms with E-state index in [0.717, 1.165) is 11.1 Å². The molecule has 0 saturated heterocycles. The Labute approximate surface area is 169 Å². The van der Waals surface area contributed by atoms with Gasteiger partial charge in [-0.05, 0) is 36.1 Å². The Hall–Kier alpha value is -3.22. The van der Waals surface area contributed by atoms with Crippen molar-refractivity contribution in [2.24, 2.45) is 0 Å². The third-order valence-electron chi connectivity index (χ3n) is 5.25. The number of nitrogens with zero attached hydrogens (tertiary/aromatic N) is 1. The van der Waals surface area contributed by atoms with Gasteiger partial charge in [-0.2, -0.15) is 0 Å². The number of hydrogen-bond acceptors (Lipinski definition) is 5. The standard InChI is InChI=1S/C22H25NO6/c1-27-18-12-15-8-10-23(11-9-16(15)20(28-2)21(18)29-3)19(24)13-14-6-4-5-7-17(14)22(25)26/h4-7,12H,8-11,13H2,1-3H3,(H,25,26). The molecule has 1 heterocycles.